The van der Waals surface area contributed by atoms with Gasteiger partial charge in [0.2, 0.25) is 0 Å². The number of aromatic nitrogens is 1. The molecule has 5 heteroatoms. The molecule has 18 heavy (non-hydrogen) atoms. The van der Waals surface area contributed by atoms with E-state index in [0.29, 0.717) is 5.92 Å². The van der Waals surface area contributed by atoms with Gasteiger partial charge < -0.3 is 10.0 Å². The lowest BCUT2D eigenvalue weighted by molar-refractivity contribution is 0.0691. The Labute approximate surface area is 105 Å². The van der Waals surface area contributed by atoms with Crippen LogP contribution in [0.25, 0.3) is 0 Å². The Balaban J connectivity index is 2.34. The molecule has 0 radical (unpaired) electrons. The topological polar surface area (TPSA) is 53.4 Å². The van der Waals surface area contributed by atoms with Crippen molar-refractivity contribution in [2.24, 2.45) is 5.92 Å². The Hall–Kier alpha value is -1.65. The van der Waals surface area contributed by atoms with Gasteiger partial charge in [0.1, 0.15) is 5.56 Å². The van der Waals surface area contributed by atoms with Crippen LogP contribution in [0.15, 0.2) is 12.3 Å². The molecular weight excluding hydrogens is 235 g/mol. The summed E-state index contributed by atoms with van der Waals surface area (Å²) in [4.78, 5) is 16.8. The molecule has 1 aliphatic rings. The van der Waals surface area contributed by atoms with E-state index < -0.39 is 11.8 Å². The fraction of sp³-hybridized carbons (Fsp3) is 0.538. The highest BCUT2D eigenvalue weighted by molar-refractivity contribution is 5.88. The van der Waals surface area contributed by atoms with Crippen LogP contribution in [0, 0.1) is 11.7 Å². The van der Waals surface area contributed by atoms with Crippen molar-refractivity contribution in [1.29, 1.82) is 0 Å². The second kappa shape index (κ2) is 4.92. The maximum absolute atomic E-state index is 14.1. The van der Waals surface area contributed by atoms with Crippen molar-refractivity contribution in [1.82, 2.24) is 4.98 Å². The predicted molar refractivity (Wildman–Crippen MR) is 66.4 cm³/mol. The first kappa shape index (κ1) is 12.8. The molecule has 1 aliphatic carbocycles. The zero-order chi connectivity index (χ0) is 13.3. The fourth-order valence-corrected chi connectivity index (χ4v) is 1.92. The number of rotatable bonds is 5. The van der Waals surface area contributed by atoms with E-state index in [1.807, 2.05) is 18.7 Å². The van der Waals surface area contributed by atoms with Crippen LogP contribution in [0.4, 0.5) is 10.2 Å². The number of anilines is 1. The van der Waals surface area contributed by atoms with E-state index in [1.165, 1.54) is 12.3 Å². The summed E-state index contributed by atoms with van der Waals surface area (Å²) in [6.07, 6.45) is 3.66. The average Bonchev–Trinajstić information content (AvgIpc) is 3.10. The molecule has 1 aromatic rings. The molecule has 4 nitrogen and oxygen atoms in total. The molecule has 98 valence electrons. The van der Waals surface area contributed by atoms with Gasteiger partial charge in [-0.05, 0) is 38.7 Å². The van der Waals surface area contributed by atoms with Gasteiger partial charge in [-0.2, -0.15) is 0 Å². The SMILES string of the molecule is CC(C)N(CC1CC1)c1nccc(C(=O)O)c1F. The number of nitrogens with zero attached hydrogens (tertiary/aromatic N) is 2. The Morgan fingerprint density at radius 3 is 2.78 bits per heavy atom. The van der Waals surface area contributed by atoms with Crippen molar-refractivity contribution < 1.29 is 14.3 Å². The van der Waals surface area contributed by atoms with Crippen molar-refractivity contribution >= 4 is 11.8 Å². The van der Waals surface area contributed by atoms with Gasteiger partial charge in [0.25, 0.3) is 0 Å². The highest BCUT2D eigenvalue weighted by atomic mass is 19.1. The van der Waals surface area contributed by atoms with E-state index in [2.05, 4.69) is 4.98 Å². The van der Waals surface area contributed by atoms with Crippen molar-refractivity contribution in [3.63, 3.8) is 0 Å². The zero-order valence-corrected chi connectivity index (χ0v) is 10.6. The molecule has 1 saturated carbocycles. The number of carboxylic acid groups (broad SMARTS) is 1. The summed E-state index contributed by atoms with van der Waals surface area (Å²) in [5.41, 5.74) is -0.318. The molecular formula is C13H17FN2O2. The van der Waals surface area contributed by atoms with Crippen LogP contribution in [-0.4, -0.2) is 28.6 Å². The summed E-state index contributed by atoms with van der Waals surface area (Å²) in [6, 6.07) is 1.29. The monoisotopic (exact) mass is 252 g/mol. The molecule has 1 fully saturated rings. The molecule has 0 unspecified atom stereocenters. The summed E-state index contributed by atoms with van der Waals surface area (Å²) >= 11 is 0. The van der Waals surface area contributed by atoms with Gasteiger partial charge in [0.15, 0.2) is 11.6 Å². The smallest absolute Gasteiger partial charge is 0.338 e. The van der Waals surface area contributed by atoms with Crippen LogP contribution >= 0.6 is 0 Å². The third kappa shape index (κ3) is 2.60. The second-order valence-corrected chi connectivity index (χ2v) is 4.99. The molecule has 0 saturated heterocycles. The Morgan fingerprint density at radius 2 is 2.28 bits per heavy atom. The van der Waals surface area contributed by atoms with Gasteiger partial charge in [0.05, 0.1) is 0 Å². The quantitative estimate of drug-likeness (QED) is 0.875. The van der Waals surface area contributed by atoms with Gasteiger partial charge in [-0.15, -0.1) is 0 Å². The Bertz CT molecular complexity index is 458. The number of halogens is 1. The number of pyridine rings is 1. The van der Waals surface area contributed by atoms with Gasteiger partial charge in [0, 0.05) is 18.8 Å². The van der Waals surface area contributed by atoms with E-state index in [0.717, 1.165) is 19.4 Å². The molecule has 0 aliphatic heterocycles. The second-order valence-electron chi connectivity index (χ2n) is 4.99. The van der Waals surface area contributed by atoms with Crippen LogP contribution in [-0.2, 0) is 0 Å². The maximum Gasteiger partial charge on any atom is 0.338 e. The van der Waals surface area contributed by atoms with E-state index >= 15 is 0 Å². The summed E-state index contributed by atoms with van der Waals surface area (Å²) in [5.74, 6) is -1.26. The molecule has 0 amide bonds. The van der Waals surface area contributed by atoms with Crippen LogP contribution < -0.4 is 4.90 Å². The lowest BCUT2D eigenvalue weighted by Gasteiger charge is -2.28. The lowest BCUT2D eigenvalue weighted by atomic mass is 10.2. The number of aromatic carboxylic acids is 1. The van der Waals surface area contributed by atoms with Crippen molar-refractivity contribution in [3.8, 4) is 0 Å². The normalized spacial score (nSPS) is 14.9. The minimum atomic E-state index is -1.26. The standard InChI is InChI=1S/C13H17FN2O2/c1-8(2)16(7-9-3-4-9)12-11(14)10(13(17)18)5-6-15-12/h5-6,8-9H,3-4,7H2,1-2H3,(H,17,18). The van der Waals surface area contributed by atoms with Crippen molar-refractivity contribution in [2.45, 2.75) is 32.7 Å². The van der Waals surface area contributed by atoms with E-state index in [1.54, 1.807) is 0 Å². The third-order valence-corrected chi connectivity index (χ3v) is 3.15. The van der Waals surface area contributed by atoms with Crippen LogP contribution in [0.5, 0.6) is 0 Å². The third-order valence-electron chi connectivity index (χ3n) is 3.15. The van der Waals surface area contributed by atoms with Gasteiger partial charge in [-0.1, -0.05) is 0 Å². The molecule has 1 N–H and O–H groups in total. The van der Waals surface area contributed by atoms with Gasteiger partial charge >= 0.3 is 5.97 Å². The fourth-order valence-electron chi connectivity index (χ4n) is 1.92. The van der Waals surface area contributed by atoms with Crippen LogP contribution in [0.3, 0.4) is 0 Å². The van der Waals surface area contributed by atoms with Crippen molar-refractivity contribution in [2.75, 3.05) is 11.4 Å². The Morgan fingerprint density at radius 1 is 1.61 bits per heavy atom. The summed E-state index contributed by atoms with van der Waals surface area (Å²) in [5, 5.41) is 8.92. The average molecular weight is 252 g/mol. The minimum Gasteiger partial charge on any atom is -0.478 e. The number of carboxylic acids is 1. The largest absolute Gasteiger partial charge is 0.478 e. The molecule has 2 rings (SSSR count). The number of hydrogen-bond acceptors (Lipinski definition) is 3. The zero-order valence-electron chi connectivity index (χ0n) is 10.6. The number of carbonyl (C=O) groups is 1. The van der Waals surface area contributed by atoms with Crippen LogP contribution in [0.1, 0.15) is 37.0 Å². The van der Waals surface area contributed by atoms with E-state index in [-0.39, 0.29) is 17.4 Å². The molecule has 0 atom stereocenters. The van der Waals surface area contributed by atoms with E-state index in [4.69, 9.17) is 5.11 Å². The summed E-state index contributed by atoms with van der Waals surface area (Å²) in [6.45, 7) is 4.65. The highest BCUT2D eigenvalue weighted by Crippen LogP contribution is 2.32. The molecule has 1 aromatic heterocycles. The predicted octanol–water partition coefficient (Wildman–Crippen LogP) is 2.54. The van der Waals surface area contributed by atoms with Crippen molar-refractivity contribution in [3.05, 3.63) is 23.6 Å². The molecule has 1 heterocycles. The molecule has 0 spiro atoms. The number of hydrogen-bond donors (Lipinski definition) is 1. The first-order valence-corrected chi connectivity index (χ1v) is 6.15. The minimum absolute atomic E-state index is 0.0941. The van der Waals surface area contributed by atoms with E-state index in [9.17, 15) is 9.18 Å². The Kier molecular flexibility index (Phi) is 3.50. The first-order chi connectivity index (χ1) is 8.50. The molecule has 0 bridgehead atoms. The maximum atomic E-state index is 14.1. The van der Waals surface area contributed by atoms with Gasteiger partial charge in [-0.3, -0.25) is 0 Å². The highest BCUT2D eigenvalue weighted by Gasteiger charge is 2.28. The first-order valence-electron chi connectivity index (χ1n) is 6.15. The molecule has 0 aromatic carbocycles. The lowest BCUT2D eigenvalue weighted by Crippen LogP contribution is -2.34. The summed E-state index contributed by atoms with van der Waals surface area (Å²) < 4.78 is 14.1. The van der Waals surface area contributed by atoms with Gasteiger partial charge in [-0.25, -0.2) is 14.2 Å². The van der Waals surface area contributed by atoms with Crippen LogP contribution in [0.2, 0.25) is 0 Å². The summed E-state index contributed by atoms with van der Waals surface area (Å²) in [7, 11) is 0.